The number of nitrogens with zero attached hydrogens (tertiary/aromatic N) is 1. The van der Waals surface area contributed by atoms with Crippen LogP contribution >= 0.6 is 0 Å². The van der Waals surface area contributed by atoms with Gasteiger partial charge in [-0.25, -0.2) is 17.9 Å². The molecule has 3 N–H and O–H groups in total. The van der Waals surface area contributed by atoms with Gasteiger partial charge in [0.1, 0.15) is 41.4 Å². The summed E-state index contributed by atoms with van der Waals surface area (Å²) in [7, 11) is -4.38. The van der Waals surface area contributed by atoms with Crippen LogP contribution in [0, 0.1) is 11.8 Å². The normalized spacial score (nSPS) is 21.2. The second kappa shape index (κ2) is 17.0. The van der Waals surface area contributed by atoms with Crippen LogP contribution in [0.15, 0.2) is 102 Å². The van der Waals surface area contributed by atoms with E-state index in [1.54, 1.807) is 65.0 Å². The number of sulfonamides is 1. The Bertz CT molecular complexity index is 1970. The van der Waals surface area contributed by atoms with Gasteiger partial charge in [-0.3, -0.25) is 14.4 Å². The number of likely N-dealkylation sites (tertiary alicyclic amines) is 1. The largest absolute Gasteiger partial charge is 0.489 e. The lowest BCUT2D eigenvalue weighted by molar-refractivity contribution is -0.138. The maximum absolute atomic E-state index is 14.1. The number of hydrogen-bond donors (Lipinski definition) is 3. The molecule has 1 saturated carbocycles. The van der Waals surface area contributed by atoms with Gasteiger partial charge in [-0.1, -0.05) is 74.5 Å². The number of carbonyl (C=O) groups excluding carboxylic acids is 4. The van der Waals surface area contributed by atoms with Gasteiger partial charge >= 0.3 is 6.09 Å². The van der Waals surface area contributed by atoms with Crippen LogP contribution in [-0.2, 0) is 35.8 Å². The van der Waals surface area contributed by atoms with Crippen molar-refractivity contribution in [3.8, 4) is 11.5 Å². The molecule has 55 heavy (non-hydrogen) atoms. The van der Waals surface area contributed by atoms with E-state index < -0.39 is 69.1 Å². The molecule has 2 unspecified atom stereocenters. The Morgan fingerprint density at radius 2 is 1.62 bits per heavy atom. The molecule has 0 bridgehead atoms. The topological polar surface area (TPSA) is 169 Å². The number of alkyl carbamates (subject to hydrolysis) is 1. The summed E-state index contributed by atoms with van der Waals surface area (Å²) in [6.07, 6.45) is 0.380. The first-order valence-corrected chi connectivity index (χ1v) is 19.8. The van der Waals surface area contributed by atoms with Crippen molar-refractivity contribution in [1.82, 2.24) is 20.3 Å². The molecule has 0 spiro atoms. The molecule has 2 fully saturated rings. The number of hydrogen-bond acceptors (Lipinski definition) is 9. The van der Waals surface area contributed by atoms with Gasteiger partial charge in [0, 0.05) is 24.9 Å². The fourth-order valence-electron chi connectivity index (χ4n) is 6.55. The number of carbonyl (C=O) groups is 4. The van der Waals surface area contributed by atoms with E-state index in [-0.39, 0.29) is 36.8 Å². The van der Waals surface area contributed by atoms with Gasteiger partial charge in [0.15, 0.2) is 0 Å². The summed E-state index contributed by atoms with van der Waals surface area (Å²) in [4.78, 5) is 55.9. The minimum Gasteiger partial charge on any atom is -0.489 e. The number of benzene rings is 3. The Morgan fingerprint density at radius 1 is 0.964 bits per heavy atom. The highest BCUT2D eigenvalue weighted by Gasteiger charge is 2.60. The Kier molecular flexibility index (Phi) is 12.6. The number of amides is 4. The van der Waals surface area contributed by atoms with Gasteiger partial charge in [-0.15, -0.1) is 6.58 Å². The highest BCUT2D eigenvalue weighted by molar-refractivity contribution is 7.90. The van der Waals surface area contributed by atoms with E-state index in [9.17, 15) is 27.6 Å². The molecule has 13 nitrogen and oxygen atoms in total. The highest BCUT2D eigenvalue weighted by Crippen LogP contribution is 2.45. The van der Waals surface area contributed by atoms with Crippen molar-refractivity contribution in [3.63, 3.8) is 0 Å². The van der Waals surface area contributed by atoms with Crippen LogP contribution in [0.3, 0.4) is 0 Å². The molecule has 3 aromatic carbocycles. The van der Waals surface area contributed by atoms with Crippen molar-refractivity contribution in [2.45, 2.75) is 94.7 Å². The average molecular weight is 775 g/mol. The third-order valence-corrected chi connectivity index (χ3v) is 10.8. The van der Waals surface area contributed by atoms with Crippen LogP contribution in [-0.4, -0.2) is 73.0 Å². The Labute approximate surface area is 322 Å². The quantitative estimate of drug-likeness (QED) is 0.178. The van der Waals surface area contributed by atoms with E-state index >= 15 is 0 Å². The van der Waals surface area contributed by atoms with Gasteiger partial charge in [0.2, 0.25) is 11.8 Å². The molecular weight excluding hydrogens is 725 g/mol. The number of rotatable bonds is 15. The molecule has 1 aliphatic carbocycles. The molecule has 0 aromatic heterocycles. The van der Waals surface area contributed by atoms with Gasteiger partial charge < -0.3 is 29.7 Å². The van der Waals surface area contributed by atoms with Crippen molar-refractivity contribution >= 4 is 33.8 Å². The van der Waals surface area contributed by atoms with Crippen LogP contribution in [0.4, 0.5) is 4.79 Å². The maximum atomic E-state index is 14.1. The molecule has 1 saturated heterocycles. The lowest BCUT2D eigenvalue weighted by atomic mass is 10.0. The Hall–Kier alpha value is -5.37. The van der Waals surface area contributed by atoms with Gasteiger partial charge in [0.05, 0.1) is 17.4 Å². The molecule has 0 radical (unpaired) electrons. The molecule has 2 aliphatic rings. The second-order valence-corrected chi connectivity index (χ2v) is 16.9. The molecule has 5 atom stereocenters. The lowest BCUT2D eigenvalue weighted by Crippen LogP contribution is -2.56. The third-order valence-electron chi connectivity index (χ3n) is 9.46. The molecule has 4 amide bonds. The second-order valence-electron chi connectivity index (χ2n) is 15.2. The van der Waals surface area contributed by atoms with Crippen LogP contribution in [0.25, 0.3) is 0 Å². The molecule has 3 aromatic rings. The van der Waals surface area contributed by atoms with Gasteiger partial charge in [-0.05, 0) is 62.9 Å². The van der Waals surface area contributed by atoms with Crippen LogP contribution in [0.2, 0.25) is 0 Å². The van der Waals surface area contributed by atoms with Crippen molar-refractivity contribution in [2.75, 3.05) is 6.54 Å². The summed E-state index contributed by atoms with van der Waals surface area (Å²) in [5.74, 6) is -1.96. The fraction of sp³-hybridized carbons (Fsp3) is 0.415. The standard InChI is InChI=1S/C41H50N4O9S/c1-7-29-25-41(29,38(48)44-55(50,51)32-20-14-19-31(23-32)52-26-28-15-10-8-11-16-28)43-35(46)24-33-34(53-30-17-12-9-13-18-30)21-22-45(33)37(47)36(27(2)3)42-39(49)54-40(4,5)6/h7-20,23,27,29,33-34,36H,1,21-22,24-26H2,2-6H3,(H,42,49)(H,43,46)(H,44,48)/t29-,33?,34?,36+,41-/m1/s1. The summed E-state index contributed by atoms with van der Waals surface area (Å²) in [5, 5.41) is 5.47. The summed E-state index contributed by atoms with van der Waals surface area (Å²) in [6, 6.07) is 22.4. The predicted octanol–water partition coefficient (Wildman–Crippen LogP) is 5.12. The zero-order valence-electron chi connectivity index (χ0n) is 31.8. The number of nitrogens with one attached hydrogen (secondary N) is 3. The van der Waals surface area contributed by atoms with E-state index in [0.717, 1.165) is 5.56 Å². The first kappa shape index (κ1) is 40.8. The highest BCUT2D eigenvalue weighted by atomic mass is 32.2. The zero-order chi connectivity index (χ0) is 40.0. The summed E-state index contributed by atoms with van der Waals surface area (Å²) in [5.41, 5.74) is -1.48. The molecule has 1 aliphatic heterocycles. The summed E-state index contributed by atoms with van der Waals surface area (Å²) >= 11 is 0. The maximum Gasteiger partial charge on any atom is 0.408 e. The summed E-state index contributed by atoms with van der Waals surface area (Å²) in [6.45, 7) is 13.0. The third kappa shape index (κ3) is 10.4. The Morgan fingerprint density at radius 3 is 2.24 bits per heavy atom. The van der Waals surface area contributed by atoms with Gasteiger partial charge in [0.25, 0.3) is 15.9 Å². The predicted molar refractivity (Wildman–Crippen MR) is 205 cm³/mol. The van der Waals surface area contributed by atoms with E-state index in [2.05, 4.69) is 21.9 Å². The van der Waals surface area contributed by atoms with Crippen molar-refractivity contribution in [2.24, 2.45) is 11.8 Å². The molecule has 1 heterocycles. The first-order valence-electron chi connectivity index (χ1n) is 18.3. The zero-order valence-corrected chi connectivity index (χ0v) is 32.6. The minimum atomic E-state index is -4.38. The summed E-state index contributed by atoms with van der Waals surface area (Å²) < 4.78 is 46.6. The minimum absolute atomic E-state index is 0.121. The molecule has 14 heteroatoms. The van der Waals surface area contributed by atoms with Gasteiger partial charge in [-0.2, -0.15) is 0 Å². The van der Waals surface area contributed by atoms with Crippen molar-refractivity contribution in [1.29, 1.82) is 0 Å². The number of para-hydroxylation sites is 1. The average Bonchev–Trinajstić information content (AvgIpc) is 3.72. The van der Waals surface area contributed by atoms with E-state index in [1.165, 1.54) is 29.2 Å². The van der Waals surface area contributed by atoms with E-state index in [4.69, 9.17) is 14.2 Å². The molecule has 5 rings (SSSR count). The van der Waals surface area contributed by atoms with Crippen LogP contribution in [0.1, 0.15) is 59.4 Å². The lowest BCUT2D eigenvalue weighted by Gasteiger charge is -2.33. The first-order chi connectivity index (χ1) is 26.0. The fourth-order valence-corrected chi connectivity index (χ4v) is 7.62. The van der Waals surface area contributed by atoms with Crippen molar-refractivity contribution in [3.05, 3.63) is 103 Å². The van der Waals surface area contributed by atoms with Crippen LogP contribution in [0.5, 0.6) is 11.5 Å². The van der Waals surface area contributed by atoms with E-state index in [0.29, 0.717) is 17.9 Å². The molecule has 294 valence electrons. The van der Waals surface area contributed by atoms with Crippen molar-refractivity contribution < 1.29 is 41.8 Å². The molecular formula is C41H50N4O9S. The Balaban J connectivity index is 1.32. The van der Waals surface area contributed by atoms with E-state index in [1.807, 2.05) is 36.4 Å². The smallest absolute Gasteiger partial charge is 0.408 e. The SMILES string of the molecule is C=C[C@@H]1C[C@]1(NC(=O)CC1C(Oc2ccccc2)CCN1C(=O)[C@@H](NC(=O)OC(C)(C)C)C(C)C)C(=O)NS(=O)(=O)c1cccc(OCc2ccccc2)c1. The number of ether oxygens (including phenoxy) is 3. The van der Waals surface area contributed by atoms with Crippen LogP contribution < -0.4 is 24.8 Å². The monoisotopic (exact) mass is 774 g/mol.